The number of carbonyl (C=O) groups excluding carboxylic acids is 1. The Morgan fingerprint density at radius 2 is 2.06 bits per heavy atom. The zero-order chi connectivity index (χ0) is 13.3. The van der Waals surface area contributed by atoms with Gasteiger partial charge in [-0.2, -0.15) is 0 Å². The van der Waals surface area contributed by atoms with Crippen LogP contribution in [0.1, 0.15) is 13.8 Å². The van der Waals surface area contributed by atoms with E-state index in [2.05, 4.69) is 26.1 Å². The Balaban J connectivity index is 2.32. The number of amides is 1. The highest BCUT2D eigenvalue weighted by atomic mass is 79.9. The second-order valence-corrected chi connectivity index (χ2v) is 6.14. The number of nitrogens with one attached hydrogen (secondary N) is 1. The summed E-state index contributed by atoms with van der Waals surface area (Å²) in [5.74, 6) is -0.00308. The SMILES string of the molecule is CC1(C)CN(c2ccc(Br)cc2)C(CN)C(=O)N1. The number of halogens is 1. The molecule has 1 atom stereocenters. The number of carbonyl (C=O) groups is 1. The summed E-state index contributed by atoms with van der Waals surface area (Å²) in [5.41, 5.74) is 6.51. The predicted octanol–water partition coefficient (Wildman–Crippen LogP) is 1.49. The summed E-state index contributed by atoms with van der Waals surface area (Å²) >= 11 is 3.41. The van der Waals surface area contributed by atoms with Gasteiger partial charge in [-0.3, -0.25) is 4.79 Å². The molecule has 1 saturated heterocycles. The normalized spacial score (nSPS) is 22.8. The van der Waals surface area contributed by atoms with Crippen LogP contribution in [-0.4, -0.2) is 30.6 Å². The lowest BCUT2D eigenvalue weighted by Gasteiger charge is -2.44. The molecule has 1 aromatic rings. The molecule has 3 N–H and O–H groups in total. The van der Waals surface area contributed by atoms with Gasteiger partial charge in [-0.05, 0) is 38.1 Å². The van der Waals surface area contributed by atoms with Crippen molar-refractivity contribution in [3.05, 3.63) is 28.7 Å². The Morgan fingerprint density at radius 1 is 1.44 bits per heavy atom. The average Bonchev–Trinajstić information content (AvgIpc) is 2.28. The van der Waals surface area contributed by atoms with E-state index in [4.69, 9.17) is 5.73 Å². The fraction of sp³-hybridized carbons (Fsp3) is 0.462. The van der Waals surface area contributed by atoms with Gasteiger partial charge in [-0.25, -0.2) is 0 Å². The molecule has 98 valence electrons. The lowest BCUT2D eigenvalue weighted by atomic mass is 9.97. The summed E-state index contributed by atoms with van der Waals surface area (Å²) in [6.07, 6.45) is 0. The number of hydrogen-bond acceptors (Lipinski definition) is 3. The molecule has 18 heavy (non-hydrogen) atoms. The predicted molar refractivity (Wildman–Crippen MR) is 76.6 cm³/mol. The van der Waals surface area contributed by atoms with Gasteiger partial charge in [0.05, 0.1) is 5.54 Å². The van der Waals surface area contributed by atoms with Gasteiger partial charge in [0, 0.05) is 23.2 Å². The maximum atomic E-state index is 12.0. The first kappa shape index (κ1) is 13.4. The van der Waals surface area contributed by atoms with Crippen molar-refractivity contribution in [2.75, 3.05) is 18.0 Å². The minimum Gasteiger partial charge on any atom is -0.356 e. The van der Waals surface area contributed by atoms with E-state index in [1.54, 1.807) is 0 Å². The molecule has 1 aliphatic rings. The Hall–Kier alpha value is -1.07. The molecular formula is C13H18BrN3O. The number of hydrogen-bond donors (Lipinski definition) is 2. The molecule has 1 heterocycles. The highest BCUT2D eigenvalue weighted by molar-refractivity contribution is 9.10. The Bertz CT molecular complexity index is 444. The zero-order valence-corrected chi connectivity index (χ0v) is 12.2. The van der Waals surface area contributed by atoms with Crippen LogP contribution < -0.4 is 16.0 Å². The third-order valence-corrected chi connectivity index (χ3v) is 3.62. The van der Waals surface area contributed by atoms with Crippen molar-refractivity contribution in [3.63, 3.8) is 0 Å². The first-order valence-corrected chi connectivity index (χ1v) is 6.76. The van der Waals surface area contributed by atoms with E-state index in [0.717, 1.165) is 16.7 Å². The third kappa shape index (κ3) is 2.67. The molecule has 0 aliphatic carbocycles. The van der Waals surface area contributed by atoms with Gasteiger partial charge in [-0.15, -0.1) is 0 Å². The quantitative estimate of drug-likeness (QED) is 0.870. The molecule has 5 heteroatoms. The third-order valence-electron chi connectivity index (χ3n) is 3.09. The highest BCUT2D eigenvalue weighted by Crippen LogP contribution is 2.25. The van der Waals surface area contributed by atoms with Crippen LogP contribution in [0.25, 0.3) is 0 Å². The first-order valence-electron chi connectivity index (χ1n) is 5.97. The van der Waals surface area contributed by atoms with Crippen LogP contribution in [-0.2, 0) is 4.79 Å². The molecule has 0 bridgehead atoms. The van der Waals surface area contributed by atoms with Gasteiger partial charge in [0.1, 0.15) is 6.04 Å². The van der Waals surface area contributed by atoms with Crippen molar-refractivity contribution in [1.29, 1.82) is 0 Å². The summed E-state index contributed by atoms with van der Waals surface area (Å²) < 4.78 is 1.02. The van der Waals surface area contributed by atoms with Crippen LogP contribution in [0, 0.1) is 0 Å². The molecule has 4 nitrogen and oxygen atoms in total. The molecule has 1 amide bonds. The van der Waals surface area contributed by atoms with Crippen molar-refractivity contribution < 1.29 is 4.79 Å². The van der Waals surface area contributed by atoms with Gasteiger partial charge in [-0.1, -0.05) is 15.9 Å². The van der Waals surface area contributed by atoms with Crippen LogP contribution >= 0.6 is 15.9 Å². The Kier molecular flexibility index (Phi) is 3.64. The van der Waals surface area contributed by atoms with Crippen molar-refractivity contribution >= 4 is 27.5 Å². The molecule has 1 fully saturated rings. The van der Waals surface area contributed by atoms with E-state index < -0.39 is 0 Å². The number of anilines is 1. The Morgan fingerprint density at radius 3 is 2.61 bits per heavy atom. The van der Waals surface area contributed by atoms with Gasteiger partial charge in [0.15, 0.2) is 0 Å². The van der Waals surface area contributed by atoms with E-state index in [0.29, 0.717) is 6.54 Å². The summed E-state index contributed by atoms with van der Waals surface area (Å²) in [6, 6.07) is 7.66. The molecule has 0 aromatic heterocycles. The molecule has 2 rings (SSSR count). The number of nitrogens with zero attached hydrogens (tertiary/aromatic N) is 1. The van der Waals surface area contributed by atoms with E-state index >= 15 is 0 Å². The largest absolute Gasteiger partial charge is 0.356 e. The lowest BCUT2D eigenvalue weighted by Crippen LogP contribution is -2.66. The topological polar surface area (TPSA) is 58.4 Å². The molecule has 1 aromatic carbocycles. The molecule has 0 radical (unpaired) electrons. The second kappa shape index (κ2) is 4.90. The van der Waals surface area contributed by atoms with Gasteiger partial charge < -0.3 is 16.0 Å². The van der Waals surface area contributed by atoms with Crippen molar-refractivity contribution in [1.82, 2.24) is 5.32 Å². The minimum absolute atomic E-state index is 0.00308. The summed E-state index contributed by atoms with van der Waals surface area (Å²) in [6.45, 7) is 5.10. The van der Waals surface area contributed by atoms with Crippen molar-refractivity contribution in [3.8, 4) is 0 Å². The van der Waals surface area contributed by atoms with Gasteiger partial charge in [0.25, 0.3) is 0 Å². The van der Waals surface area contributed by atoms with Crippen molar-refractivity contribution in [2.24, 2.45) is 5.73 Å². The van der Waals surface area contributed by atoms with E-state index in [1.807, 2.05) is 38.1 Å². The highest BCUT2D eigenvalue weighted by Gasteiger charge is 2.37. The monoisotopic (exact) mass is 311 g/mol. The maximum absolute atomic E-state index is 12.0. The fourth-order valence-electron chi connectivity index (χ4n) is 2.27. The Labute approximate surface area is 116 Å². The maximum Gasteiger partial charge on any atom is 0.244 e. The summed E-state index contributed by atoms with van der Waals surface area (Å²) in [5, 5.41) is 3.00. The smallest absolute Gasteiger partial charge is 0.244 e. The zero-order valence-electron chi connectivity index (χ0n) is 10.6. The molecule has 1 aliphatic heterocycles. The number of nitrogens with two attached hydrogens (primary N) is 1. The lowest BCUT2D eigenvalue weighted by molar-refractivity contribution is -0.125. The molecule has 0 saturated carbocycles. The van der Waals surface area contributed by atoms with Crippen LogP contribution in [0.3, 0.4) is 0 Å². The van der Waals surface area contributed by atoms with E-state index in [1.165, 1.54) is 0 Å². The van der Waals surface area contributed by atoms with Crippen LogP contribution in [0.15, 0.2) is 28.7 Å². The summed E-state index contributed by atoms with van der Waals surface area (Å²) in [7, 11) is 0. The second-order valence-electron chi connectivity index (χ2n) is 5.23. The van der Waals surface area contributed by atoms with Crippen LogP contribution in [0.2, 0.25) is 0 Å². The minimum atomic E-state index is -0.292. The van der Waals surface area contributed by atoms with Crippen molar-refractivity contribution in [2.45, 2.75) is 25.4 Å². The standard InChI is InChI=1S/C13H18BrN3O/c1-13(2)8-17(11(7-15)12(18)16-13)10-5-3-9(14)4-6-10/h3-6,11H,7-8,15H2,1-2H3,(H,16,18). The number of piperazine rings is 1. The number of benzene rings is 1. The average molecular weight is 312 g/mol. The van der Waals surface area contributed by atoms with Crippen LogP contribution in [0.5, 0.6) is 0 Å². The van der Waals surface area contributed by atoms with Gasteiger partial charge in [0.2, 0.25) is 5.91 Å². The molecule has 1 unspecified atom stereocenters. The number of rotatable bonds is 2. The van der Waals surface area contributed by atoms with Gasteiger partial charge >= 0.3 is 0 Å². The molecule has 0 spiro atoms. The molecular weight excluding hydrogens is 294 g/mol. The first-order chi connectivity index (χ1) is 8.43. The summed E-state index contributed by atoms with van der Waals surface area (Å²) in [4.78, 5) is 14.1. The van der Waals surface area contributed by atoms with E-state index in [9.17, 15) is 4.79 Å². The van der Waals surface area contributed by atoms with E-state index in [-0.39, 0.29) is 17.5 Å². The fourth-order valence-corrected chi connectivity index (χ4v) is 2.54. The van der Waals surface area contributed by atoms with Crippen LogP contribution in [0.4, 0.5) is 5.69 Å².